The van der Waals surface area contributed by atoms with Crippen molar-refractivity contribution in [2.24, 2.45) is 0 Å². The van der Waals surface area contributed by atoms with Crippen LogP contribution in [0.3, 0.4) is 0 Å². The van der Waals surface area contributed by atoms with E-state index < -0.39 is 0 Å². The molecule has 3 nitrogen and oxygen atoms in total. The van der Waals surface area contributed by atoms with Gasteiger partial charge in [-0.1, -0.05) is 35.3 Å². The van der Waals surface area contributed by atoms with Crippen LogP contribution < -0.4 is 10.1 Å². The number of fused-ring (bicyclic) bond motifs is 1. The number of halogens is 2. The highest BCUT2D eigenvalue weighted by molar-refractivity contribution is 9.11. The molecule has 1 aromatic heterocycles. The van der Waals surface area contributed by atoms with E-state index in [4.69, 9.17) is 4.74 Å². The lowest BCUT2D eigenvalue weighted by atomic mass is 10.2. The van der Waals surface area contributed by atoms with E-state index in [9.17, 15) is 0 Å². The summed E-state index contributed by atoms with van der Waals surface area (Å²) in [6.45, 7) is 5.86. The molecule has 1 atom stereocenters. The second-order valence-electron chi connectivity index (χ2n) is 5.06. The lowest BCUT2D eigenvalue weighted by Gasteiger charge is -2.15. The summed E-state index contributed by atoms with van der Waals surface area (Å²) in [5.74, 6) is 0.804. The molecule has 0 aliphatic carbocycles. The maximum Gasteiger partial charge on any atom is 0.159 e. The Labute approximate surface area is 142 Å². The van der Waals surface area contributed by atoms with Crippen LogP contribution in [0.15, 0.2) is 33.3 Å². The van der Waals surface area contributed by atoms with Crippen molar-refractivity contribution in [2.45, 2.75) is 32.7 Å². The lowest BCUT2D eigenvalue weighted by molar-refractivity contribution is 0.306. The zero-order valence-electron chi connectivity index (χ0n) is 12.3. The molecule has 2 rings (SSSR count). The largest absolute Gasteiger partial charge is 0.489 e. The second-order valence-corrected chi connectivity index (χ2v) is 6.77. The minimum Gasteiger partial charge on any atom is -0.489 e. The van der Waals surface area contributed by atoms with Crippen LogP contribution in [0, 0.1) is 0 Å². The molecule has 0 spiro atoms. The number of hydrogen-bond donors (Lipinski definition) is 1. The monoisotopic (exact) mass is 414 g/mol. The molecule has 0 amide bonds. The number of hydrogen-bond acceptors (Lipinski definition) is 3. The first-order chi connectivity index (χ1) is 10.1. The maximum atomic E-state index is 5.94. The normalized spacial score (nSPS) is 12.6. The molecule has 0 bridgehead atoms. The summed E-state index contributed by atoms with van der Waals surface area (Å²) in [5, 5.41) is 4.52. The van der Waals surface area contributed by atoms with E-state index >= 15 is 0 Å². The van der Waals surface area contributed by atoms with Crippen LogP contribution in [0.1, 0.15) is 26.7 Å². The number of ether oxygens (including phenoxy) is 1. The summed E-state index contributed by atoms with van der Waals surface area (Å²) < 4.78 is 7.87. The van der Waals surface area contributed by atoms with E-state index in [0.29, 0.717) is 12.6 Å². The average molecular weight is 416 g/mol. The van der Waals surface area contributed by atoms with Gasteiger partial charge >= 0.3 is 0 Å². The molecule has 1 aromatic carbocycles. The third kappa shape index (κ3) is 4.41. The Bertz CT molecular complexity index is 604. The van der Waals surface area contributed by atoms with Gasteiger partial charge in [-0.25, -0.2) is 0 Å². The molecule has 1 heterocycles. The van der Waals surface area contributed by atoms with Crippen molar-refractivity contribution in [3.8, 4) is 5.75 Å². The predicted molar refractivity (Wildman–Crippen MR) is 95.0 cm³/mol. The SMILES string of the molecule is CCCC(C)NCCOc1c(Br)cc(Br)c2cccnc12. The molecule has 0 aliphatic rings. The number of nitrogens with zero attached hydrogens (tertiary/aromatic N) is 1. The van der Waals surface area contributed by atoms with E-state index in [1.807, 2.05) is 18.2 Å². The minimum atomic E-state index is 0.529. The van der Waals surface area contributed by atoms with E-state index in [1.165, 1.54) is 12.8 Å². The molecule has 0 radical (unpaired) electrons. The minimum absolute atomic E-state index is 0.529. The first-order valence-electron chi connectivity index (χ1n) is 7.22. The maximum absolute atomic E-state index is 5.94. The van der Waals surface area contributed by atoms with Gasteiger partial charge in [-0.2, -0.15) is 0 Å². The Morgan fingerprint density at radius 2 is 2.14 bits per heavy atom. The van der Waals surface area contributed by atoms with Crippen molar-refractivity contribution < 1.29 is 4.74 Å². The Morgan fingerprint density at radius 1 is 1.33 bits per heavy atom. The van der Waals surface area contributed by atoms with Crippen LogP contribution in [0.2, 0.25) is 0 Å². The number of nitrogens with one attached hydrogen (secondary N) is 1. The summed E-state index contributed by atoms with van der Waals surface area (Å²) in [7, 11) is 0. The molecule has 0 fully saturated rings. The van der Waals surface area contributed by atoms with Crippen molar-refractivity contribution in [1.82, 2.24) is 10.3 Å². The molecular weight excluding hydrogens is 396 g/mol. The number of aromatic nitrogens is 1. The molecule has 2 aromatic rings. The molecule has 5 heteroatoms. The third-order valence-corrected chi connectivity index (χ3v) is 4.56. The van der Waals surface area contributed by atoms with E-state index in [1.54, 1.807) is 6.20 Å². The predicted octanol–water partition coefficient (Wildman–Crippen LogP) is 4.92. The first-order valence-corrected chi connectivity index (χ1v) is 8.81. The zero-order chi connectivity index (χ0) is 15.2. The third-order valence-electron chi connectivity index (χ3n) is 3.31. The van der Waals surface area contributed by atoms with Gasteiger partial charge in [-0.15, -0.1) is 0 Å². The quantitative estimate of drug-likeness (QED) is 0.651. The molecule has 0 aliphatic heterocycles. The highest BCUT2D eigenvalue weighted by atomic mass is 79.9. The standard InChI is InChI=1S/C16H20Br2N2O/c1-3-5-11(2)19-8-9-21-16-14(18)10-13(17)12-6-4-7-20-15(12)16/h4,6-7,10-11,19H,3,5,8-9H2,1-2H3. The van der Waals surface area contributed by atoms with Gasteiger partial charge in [0, 0.05) is 28.6 Å². The highest BCUT2D eigenvalue weighted by Crippen LogP contribution is 2.37. The molecular formula is C16H20Br2N2O. The Morgan fingerprint density at radius 3 is 2.90 bits per heavy atom. The van der Waals surface area contributed by atoms with Crippen molar-refractivity contribution in [3.05, 3.63) is 33.3 Å². The van der Waals surface area contributed by atoms with Crippen molar-refractivity contribution >= 4 is 42.8 Å². The van der Waals surface area contributed by atoms with Gasteiger partial charge in [0.2, 0.25) is 0 Å². The van der Waals surface area contributed by atoms with Crippen LogP contribution in [-0.2, 0) is 0 Å². The fourth-order valence-corrected chi connectivity index (χ4v) is 3.66. The molecule has 0 saturated carbocycles. The smallest absolute Gasteiger partial charge is 0.159 e. The summed E-state index contributed by atoms with van der Waals surface area (Å²) in [6, 6.07) is 6.50. The molecule has 1 unspecified atom stereocenters. The Kier molecular flexibility index (Phi) is 6.45. The Hall–Kier alpha value is -0.650. The average Bonchev–Trinajstić information content (AvgIpc) is 2.46. The van der Waals surface area contributed by atoms with Gasteiger partial charge < -0.3 is 10.1 Å². The highest BCUT2D eigenvalue weighted by Gasteiger charge is 2.11. The van der Waals surface area contributed by atoms with Gasteiger partial charge in [-0.3, -0.25) is 4.98 Å². The van der Waals surface area contributed by atoms with Gasteiger partial charge in [-0.05, 0) is 41.4 Å². The van der Waals surface area contributed by atoms with Gasteiger partial charge in [0.1, 0.15) is 12.1 Å². The van der Waals surface area contributed by atoms with Crippen LogP contribution in [-0.4, -0.2) is 24.2 Å². The van der Waals surface area contributed by atoms with Gasteiger partial charge in [0.25, 0.3) is 0 Å². The fourth-order valence-electron chi connectivity index (χ4n) is 2.28. The second kappa shape index (κ2) is 8.11. The zero-order valence-corrected chi connectivity index (χ0v) is 15.5. The van der Waals surface area contributed by atoms with E-state index in [0.717, 1.165) is 32.1 Å². The van der Waals surface area contributed by atoms with Crippen LogP contribution in [0.4, 0.5) is 0 Å². The summed E-state index contributed by atoms with van der Waals surface area (Å²) in [6.07, 6.45) is 4.17. The summed E-state index contributed by atoms with van der Waals surface area (Å²) in [5.41, 5.74) is 0.875. The molecule has 0 saturated heterocycles. The fraction of sp³-hybridized carbons (Fsp3) is 0.438. The topological polar surface area (TPSA) is 34.1 Å². The van der Waals surface area contributed by atoms with Crippen LogP contribution in [0.25, 0.3) is 10.9 Å². The molecule has 114 valence electrons. The summed E-state index contributed by atoms with van der Waals surface area (Å²) in [4.78, 5) is 4.44. The van der Waals surface area contributed by atoms with E-state index in [2.05, 4.69) is 56.0 Å². The van der Waals surface area contributed by atoms with Crippen molar-refractivity contribution in [2.75, 3.05) is 13.2 Å². The summed E-state index contributed by atoms with van der Waals surface area (Å²) >= 11 is 7.12. The van der Waals surface area contributed by atoms with Gasteiger partial charge in [0.05, 0.1) is 4.47 Å². The Balaban J connectivity index is 2.05. The lowest BCUT2D eigenvalue weighted by Crippen LogP contribution is -2.30. The first kappa shape index (κ1) is 16.7. The molecule has 1 N–H and O–H groups in total. The number of pyridine rings is 1. The van der Waals surface area contributed by atoms with Crippen LogP contribution in [0.5, 0.6) is 5.75 Å². The van der Waals surface area contributed by atoms with Crippen molar-refractivity contribution in [1.29, 1.82) is 0 Å². The van der Waals surface area contributed by atoms with E-state index in [-0.39, 0.29) is 0 Å². The number of rotatable bonds is 7. The number of benzene rings is 1. The van der Waals surface area contributed by atoms with Crippen molar-refractivity contribution in [3.63, 3.8) is 0 Å². The van der Waals surface area contributed by atoms with Gasteiger partial charge in [0.15, 0.2) is 5.75 Å². The van der Waals surface area contributed by atoms with Crippen LogP contribution >= 0.6 is 31.9 Å². The molecule has 21 heavy (non-hydrogen) atoms.